The summed E-state index contributed by atoms with van der Waals surface area (Å²) in [5.41, 5.74) is 2.55. The molecule has 1 aromatic carbocycles. The highest BCUT2D eigenvalue weighted by Crippen LogP contribution is 2.22. The van der Waals surface area contributed by atoms with Crippen molar-refractivity contribution in [2.75, 3.05) is 4.72 Å². The molecule has 0 bridgehead atoms. The van der Waals surface area contributed by atoms with E-state index in [0.717, 1.165) is 5.56 Å². The molecule has 1 N–H and O–H groups in total. The number of halogens is 1. The fourth-order valence-electron chi connectivity index (χ4n) is 1.83. The van der Waals surface area contributed by atoms with E-state index in [1.54, 1.807) is 38.1 Å². The summed E-state index contributed by atoms with van der Waals surface area (Å²) in [5, 5.41) is 0.331. The highest BCUT2D eigenvalue weighted by molar-refractivity contribution is 7.92. The summed E-state index contributed by atoms with van der Waals surface area (Å²) in [6, 6.07) is 8.47. The van der Waals surface area contributed by atoms with E-state index in [1.807, 2.05) is 13.0 Å². The van der Waals surface area contributed by atoms with Crippen LogP contribution < -0.4 is 4.72 Å². The van der Waals surface area contributed by atoms with Gasteiger partial charge in [-0.2, -0.15) is 0 Å². The Morgan fingerprint density at radius 1 is 1.10 bits per heavy atom. The maximum absolute atomic E-state index is 12.4. The molecule has 0 radical (unpaired) electrons. The van der Waals surface area contributed by atoms with Gasteiger partial charge in [0.2, 0.25) is 0 Å². The fraction of sp³-hybridized carbons (Fsp3) is 0.214. The van der Waals surface area contributed by atoms with Gasteiger partial charge in [-0.3, -0.25) is 4.72 Å². The maximum atomic E-state index is 12.4. The van der Waals surface area contributed by atoms with E-state index in [1.165, 1.54) is 0 Å². The normalized spacial score (nSPS) is 11.4. The summed E-state index contributed by atoms with van der Waals surface area (Å²) in [6.45, 7) is 5.32. The first-order chi connectivity index (χ1) is 9.29. The molecule has 0 spiro atoms. The van der Waals surface area contributed by atoms with Crippen molar-refractivity contribution in [3.8, 4) is 0 Å². The molecule has 2 rings (SSSR count). The third kappa shape index (κ3) is 3.11. The maximum Gasteiger partial charge on any atom is 0.262 e. The molecular formula is C14H15ClN2O2S. The number of sulfonamides is 1. The Morgan fingerprint density at radius 3 is 2.45 bits per heavy atom. The molecule has 106 valence electrons. The first-order valence-corrected chi connectivity index (χ1v) is 7.89. The van der Waals surface area contributed by atoms with Gasteiger partial charge < -0.3 is 0 Å². The second-order valence-corrected chi connectivity index (χ2v) is 6.68. The fourth-order valence-corrected chi connectivity index (χ4v) is 3.47. The van der Waals surface area contributed by atoms with Gasteiger partial charge in [0, 0.05) is 0 Å². The van der Waals surface area contributed by atoms with E-state index in [0.29, 0.717) is 22.1 Å². The number of hydrogen-bond acceptors (Lipinski definition) is 3. The van der Waals surface area contributed by atoms with Gasteiger partial charge in [0.05, 0.1) is 16.3 Å². The third-order valence-corrected chi connectivity index (χ3v) is 4.65. The first-order valence-electron chi connectivity index (χ1n) is 6.03. The minimum Gasteiger partial charge on any atom is -0.278 e. The van der Waals surface area contributed by atoms with E-state index in [2.05, 4.69) is 9.71 Å². The molecule has 20 heavy (non-hydrogen) atoms. The number of nitrogens with one attached hydrogen (secondary N) is 1. The van der Waals surface area contributed by atoms with Crippen molar-refractivity contribution in [2.24, 2.45) is 0 Å². The molecule has 0 atom stereocenters. The van der Waals surface area contributed by atoms with Crippen molar-refractivity contribution >= 4 is 27.3 Å². The number of pyridine rings is 1. The van der Waals surface area contributed by atoms with Gasteiger partial charge in [-0.25, -0.2) is 13.4 Å². The van der Waals surface area contributed by atoms with E-state index in [4.69, 9.17) is 11.6 Å². The second kappa shape index (κ2) is 5.42. The van der Waals surface area contributed by atoms with Crippen LogP contribution in [0.2, 0.25) is 5.15 Å². The van der Waals surface area contributed by atoms with Gasteiger partial charge >= 0.3 is 0 Å². The Morgan fingerprint density at radius 2 is 1.80 bits per heavy atom. The Hall–Kier alpha value is -1.59. The molecule has 0 fully saturated rings. The van der Waals surface area contributed by atoms with Crippen molar-refractivity contribution in [2.45, 2.75) is 25.7 Å². The molecule has 0 amide bonds. The third-order valence-electron chi connectivity index (χ3n) is 2.93. The van der Waals surface area contributed by atoms with Gasteiger partial charge in [0.15, 0.2) is 0 Å². The van der Waals surface area contributed by atoms with Gasteiger partial charge in [0.25, 0.3) is 10.0 Å². The summed E-state index contributed by atoms with van der Waals surface area (Å²) < 4.78 is 27.4. The second-order valence-electron chi connectivity index (χ2n) is 4.64. The minimum atomic E-state index is -3.63. The molecule has 1 heterocycles. The number of nitrogens with zero attached hydrogens (tertiary/aromatic N) is 1. The summed E-state index contributed by atoms with van der Waals surface area (Å²) in [4.78, 5) is 4.30. The lowest BCUT2D eigenvalue weighted by Gasteiger charge is -2.12. The molecule has 0 aliphatic heterocycles. The van der Waals surface area contributed by atoms with Crippen LogP contribution in [0.25, 0.3) is 0 Å². The van der Waals surface area contributed by atoms with Crippen LogP contribution >= 0.6 is 11.6 Å². The number of hydrogen-bond donors (Lipinski definition) is 1. The predicted octanol–water partition coefficient (Wildman–Crippen LogP) is 3.46. The van der Waals surface area contributed by atoms with Gasteiger partial charge in [-0.05, 0) is 50.1 Å². The lowest BCUT2D eigenvalue weighted by Crippen LogP contribution is -2.15. The Bertz CT molecular complexity index is 758. The molecule has 0 saturated carbocycles. The molecule has 0 saturated heterocycles. The molecule has 4 nitrogen and oxygen atoms in total. The summed E-state index contributed by atoms with van der Waals surface area (Å²) >= 11 is 5.76. The summed E-state index contributed by atoms with van der Waals surface area (Å²) in [7, 11) is -3.63. The summed E-state index contributed by atoms with van der Waals surface area (Å²) in [6.07, 6.45) is 0. The highest BCUT2D eigenvalue weighted by atomic mass is 35.5. The van der Waals surface area contributed by atoms with E-state index in [-0.39, 0.29) is 4.90 Å². The molecule has 1 aromatic heterocycles. The van der Waals surface area contributed by atoms with Crippen LogP contribution in [-0.2, 0) is 10.0 Å². The van der Waals surface area contributed by atoms with E-state index >= 15 is 0 Å². The molecule has 0 unspecified atom stereocenters. The number of rotatable bonds is 3. The standard InChI is InChI=1S/C14H15ClN2O2S/c1-9-4-5-10(2)13(8-9)20(18,19)17-12-6-7-14(15)16-11(12)3/h4-8,17H,1-3H3. The zero-order valence-electron chi connectivity index (χ0n) is 11.4. The predicted molar refractivity (Wildman–Crippen MR) is 80.7 cm³/mol. The quantitative estimate of drug-likeness (QED) is 0.883. The Labute approximate surface area is 123 Å². The number of aryl methyl sites for hydroxylation is 3. The van der Waals surface area contributed by atoms with E-state index < -0.39 is 10.0 Å². The lowest BCUT2D eigenvalue weighted by atomic mass is 10.2. The molecule has 6 heteroatoms. The Balaban J connectivity index is 2.43. The smallest absolute Gasteiger partial charge is 0.262 e. The average molecular weight is 311 g/mol. The molecule has 0 aliphatic rings. The minimum absolute atomic E-state index is 0.270. The number of benzene rings is 1. The van der Waals surface area contributed by atoms with Crippen molar-refractivity contribution in [3.63, 3.8) is 0 Å². The van der Waals surface area contributed by atoms with Crippen LogP contribution in [0.4, 0.5) is 5.69 Å². The molecular weight excluding hydrogens is 296 g/mol. The number of aromatic nitrogens is 1. The lowest BCUT2D eigenvalue weighted by molar-refractivity contribution is 0.600. The van der Waals surface area contributed by atoms with Crippen molar-refractivity contribution in [1.29, 1.82) is 0 Å². The zero-order valence-corrected chi connectivity index (χ0v) is 13.0. The van der Waals surface area contributed by atoms with Gasteiger partial charge in [-0.1, -0.05) is 23.7 Å². The van der Waals surface area contributed by atoms with E-state index in [9.17, 15) is 8.42 Å². The van der Waals surface area contributed by atoms with Crippen molar-refractivity contribution in [1.82, 2.24) is 4.98 Å². The topological polar surface area (TPSA) is 59.1 Å². The van der Waals surface area contributed by atoms with Gasteiger partial charge in [0.1, 0.15) is 5.15 Å². The molecule has 2 aromatic rings. The highest BCUT2D eigenvalue weighted by Gasteiger charge is 2.18. The first kappa shape index (κ1) is 14.8. The van der Waals surface area contributed by atoms with Crippen LogP contribution in [0, 0.1) is 20.8 Å². The van der Waals surface area contributed by atoms with Gasteiger partial charge in [-0.15, -0.1) is 0 Å². The van der Waals surface area contributed by atoms with Crippen LogP contribution in [0.5, 0.6) is 0 Å². The zero-order chi connectivity index (χ0) is 14.9. The SMILES string of the molecule is Cc1ccc(C)c(S(=O)(=O)Nc2ccc(Cl)nc2C)c1. The van der Waals surface area contributed by atoms with Crippen molar-refractivity contribution in [3.05, 3.63) is 52.3 Å². The Kier molecular flexibility index (Phi) is 4.01. The average Bonchev–Trinajstić information content (AvgIpc) is 2.35. The number of anilines is 1. The largest absolute Gasteiger partial charge is 0.278 e. The summed E-state index contributed by atoms with van der Waals surface area (Å²) in [5.74, 6) is 0. The van der Waals surface area contributed by atoms with Crippen LogP contribution in [0.15, 0.2) is 35.2 Å². The molecule has 0 aliphatic carbocycles. The van der Waals surface area contributed by atoms with Crippen LogP contribution in [-0.4, -0.2) is 13.4 Å². The van der Waals surface area contributed by atoms with Crippen molar-refractivity contribution < 1.29 is 8.42 Å². The van der Waals surface area contributed by atoms with Crippen LogP contribution in [0.3, 0.4) is 0 Å². The monoisotopic (exact) mass is 310 g/mol. The van der Waals surface area contributed by atoms with Crippen LogP contribution in [0.1, 0.15) is 16.8 Å².